The van der Waals surface area contributed by atoms with Gasteiger partial charge in [0.2, 0.25) is 0 Å². The van der Waals surface area contributed by atoms with Crippen molar-refractivity contribution in [3.63, 3.8) is 0 Å². The van der Waals surface area contributed by atoms with E-state index >= 15 is 0 Å². The molecule has 134 valence electrons. The van der Waals surface area contributed by atoms with Crippen molar-refractivity contribution >= 4 is 24.8 Å². The van der Waals surface area contributed by atoms with E-state index in [1.165, 1.54) is 51.0 Å². The molecule has 0 radical (unpaired) electrons. The zero-order chi connectivity index (χ0) is 17.7. The number of hydrogen-bond acceptors (Lipinski definition) is 1. The molecule has 0 aliphatic rings. The molecule has 1 N–H and O–H groups in total. The molecule has 0 aromatic heterocycles. The van der Waals surface area contributed by atoms with Gasteiger partial charge in [0.05, 0.1) is 0 Å². The van der Waals surface area contributed by atoms with Crippen molar-refractivity contribution in [2.75, 3.05) is 0 Å². The molecule has 0 atom stereocenters. The first-order chi connectivity index (χ1) is 11.8. The van der Waals surface area contributed by atoms with Gasteiger partial charge < -0.3 is 5.11 Å². The minimum atomic E-state index is -0.936. The van der Waals surface area contributed by atoms with Gasteiger partial charge in [0.1, 0.15) is 0 Å². The second-order valence-corrected chi connectivity index (χ2v) is 5.58. The standard InChI is InChI=1S/C22H32O2.Li.H/c1-2-3-4-5-6-7-8-9-10-11-12-13-14-15-16-17-18-19-20-21-22(23)24;;/h10-21H,2-9H2,1H3,(H,23,24);;. The quantitative estimate of drug-likeness (QED) is 0.185. The van der Waals surface area contributed by atoms with Crippen molar-refractivity contribution in [3.05, 3.63) is 72.9 Å². The first-order valence-electron chi connectivity index (χ1n) is 9.00. The number of hydrogen-bond donors (Lipinski definition) is 1. The molecule has 0 aliphatic heterocycles. The van der Waals surface area contributed by atoms with Crippen LogP contribution in [0.3, 0.4) is 0 Å². The summed E-state index contributed by atoms with van der Waals surface area (Å²) in [5.74, 6) is -0.936. The number of aliphatic carboxylic acids is 1. The van der Waals surface area contributed by atoms with E-state index in [0.717, 1.165) is 12.5 Å². The molecule has 0 unspecified atom stereocenters. The topological polar surface area (TPSA) is 37.3 Å². The van der Waals surface area contributed by atoms with Gasteiger partial charge in [-0.3, -0.25) is 0 Å². The van der Waals surface area contributed by atoms with Gasteiger partial charge in [-0.2, -0.15) is 0 Å². The molecule has 0 heterocycles. The summed E-state index contributed by atoms with van der Waals surface area (Å²) in [5, 5.41) is 8.39. The molecule has 0 aromatic carbocycles. The molecule has 0 saturated heterocycles. The molecule has 0 aromatic rings. The predicted octanol–water partition coefficient (Wildman–Crippen LogP) is 5.90. The van der Waals surface area contributed by atoms with Crippen molar-refractivity contribution in [2.24, 2.45) is 0 Å². The van der Waals surface area contributed by atoms with Crippen LogP contribution in [0.2, 0.25) is 0 Å². The fourth-order valence-electron chi connectivity index (χ4n) is 2.05. The van der Waals surface area contributed by atoms with Crippen molar-refractivity contribution in [3.8, 4) is 0 Å². The Labute approximate surface area is 166 Å². The molecule has 3 heteroatoms. The molecule has 0 saturated carbocycles. The van der Waals surface area contributed by atoms with Gasteiger partial charge in [0.25, 0.3) is 0 Å². The SMILES string of the molecule is CCCCCCCCCC=CC=CC=CC=CC=CC=CC(=O)O.[LiH]. The predicted molar refractivity (Wildman–Crippen MR) is 112 cm³/mol. The minimum absolute atomic E-state index is 0. The monoisotopic (exact) mass is 336 g/mol. The summed E-state index contributed by atoms with van der Waals surface area (Å²) in [6.07, 6.45) is 32.7. The van der Waals surface area contributed by atoms with E-state index in [1.54, 1.807) is 12.2 Å². The number of unbranched alkanes of at least 4 members (excludes halogenated alkanes) is 7. The van der Waals surface area contributed by atoms with Crippen molar-refractivity contribution < 1.29 is 9.90 Å². The van der Waals surface area contributed by atoms with Crippen LogP contribution in [-0.4, -0.2) is 29.9 Å². The third kappa shape index (κ3) is 24.9. The Morgan fingerprint density at radius 1 is 0.680 bits per heavy atom. The summed E-state index contributed by atoms with van der Waals surface area (Å²) in [6, 6.07) is 0. The van der Waals surface area contributed by atoms with Crippen LogP contribution in [0, 0.1) is 0 Å². The van der Waals surface area contributed by atoms with Gasteiger partial charge in [-0.25, -0.2) is 4.79 Å². The Morgan fingerprint density at radius 3 is 1.64 bits per heavy atom. The molecule has 0 rings (SSSR count). The molecular weight excluding hydrogens is 303 g/mol. The van der Waals surface area contributed by atoms with E-state index in [1.807, 2.05) is 36.5 Å². The van der Waals surface area contributed by atoms with Crippen LogP contribution >= 0.6 is 0 Å². The fourth-order valence-corrected chi connectivity index (χ4v) is 2.05. The third-order valence-electron chi connectivity index (χ3n) is 3.35. The number of carboxylic acids is 1. The average Bonchev–Trinajstić information content (AvgIpc) is 2.56. The molecule has 2 nitrogen and oxygen atoms in total. The van der Waals surface area contributed by atoms with E-state index in [0.29, 0.717) is 0 Å². The number of carboxylic acid groups (broad SMARTS) is 1. The maximum atomic E-state index is 10.2. The first-order valence-corrected chi connectivity index (χ1v) is 9.00. The Morgan fingerprint density at radius 2 is 1.12 bits per heavy atom. The fraction of sp³-hybridized carbons (Fsp3) is 0.409. The second-order valence-electron chi connectivity index (χ2n) is 5.58. The van der Waals surface area contributed by atoms with E-state index in [2.05, 4.69) is 19.1 Å². The van der Waals surface area contributed by atoms with Gasteiger partial charge in [-0.05, 0) is 12.8 Å². The van der Waals surface area contributed by atoms with Gasteiger partial charge in [0.15, 0.2) is 0 Å². The molecule has 0 aliphatic carbocycles. The van der Waals surface area contributed by atoms with Gasteiger partial charge in [0, 0.05) is 6.08 Å². The second kappa shape index (κ2) is 22.5. The molecule has 0 fully saturated rings. The zero-order valence-corrected chi connectivity index (χ0v) is 14.9. The first kappa shape index (κ1) is 25.7. The van der Waals surface area contributed by atoms with Gasteiger partial charge in [-0.1, -0.05) is 112 Å². The summed E-state index contributed by atoms with van der Waals surface area (Å²) >= 11 is 0. The van der Waals surface area contributed by atoms with Gasteiger partial charge >= 0.3 is 24.8 Å². The summed E-state index contributed by atoms with van der Waals surface area (Å²) in [5.41, 5.74) is 0. The summed E-state index contributed by atoms with van der Waals surface area (Å²) in [4.78, 5) is 10.2. The molecule has 25 heavy (non-hydrogen) atoms. The number of carbonyl (C=O) groups is 1. The van der Waals surface area contributed by atoms with E-state index < -0.39 is 5.97 Å². The van der Waals surface area contributed by atoms with Crippen LogP contribution in [-0.2, 0) is 4.79 Å². The van der Waals surface area contributed by atoms with Gasteiger partial charge in [-0.15, -0.1) is 0 Å². The van der Waals surface area contributed by atoms with Crippen molar-refractivity contribution in [1.82, 2.24) is 0 Å². The average molecular weight is 336 g/mol. The Kier molecular flexibility index (Phi) is 23.2. The Hall–Kier alpha value is -1.49. The van der Waals surface area contributed by atoms with Crippen molar-refractivity contribution in [1.29, 1.82) is 0 Å². The number of allylic oxidation sites excluding steroid dienone is 11. The van der Waals surface area contributed by atoms with E-state index in [9.17, 15) is 4.79 Å². The van der Waals surface area contributed by atoms with Crippen molar-refractivity contribution in [2.45, 2.75) is 58.3 Å². The Balaban J connectivity index is 0. The zero-order valence-electron chi connectivity index (χ0n) is 14.9. The molecule has 0 bridgehead atoms. The van der Waals surface area contributed by atoms with E-state index in [-0.39, 0.29) is 18.9 Å². The molecular formula is C22H33LiO2. The molecule has 0 amide bonds. The third-order valence-corrected chi connectivity index (χ3v) is 3.35. The summed E-state index contributed by atoms with van der Waals surface area (Å²) < 4.78 is 0. The Bertz CT molecular complexity index is 468. The van der Waals surface area contributed by atoms with Crippen LogP contribution in [0.1, 0.15) is 58.3 Å². The van der Waals surface area contributed by atoms with Crippen LogP contribution in [0.15, 0.2) is 72.9 Å². The van der Waals surface area contributed by atoms with E-state index in [4.69, 9.17) is 5.11 Å². The van der Waals surface area contributed by atoms with Crippen LogP contribution in [0.4, 0.5) is 0 Å². The molecule has 0 spiro atoms. The number of rotatable bonds is 14. The summed E-state index contributed by atoms with van der Waals surface area (Å²) in [7, 11) is 0. The van der Waals surface area contributed by atoms with Crippen LogP contribution in [0.25, 0.3) is 0 Å². The normalized spacial score (nSPS) is 12.5. The summed E-state index contributed by atoms with van der Waals surface area (Å²) in [6.45, 7) is 2.25. The van der Waals surface area contributed by atoms with Crippen LogP contribution in [0.5, 0.6) is 0 Å². The maximum absolute atomic E-state index is 10.2. The van der Waals surface area contributed by atoms with Crippen LogP contribution < -0.4 is 0 Å².